The molecule has 0 aromatic heterocycles. The molecular weight excluding hydrogens is 92.1 g/mol. The van der Waals surface area contributed by atoms with Crippen molar-refractivity contribution in [3.8, 4) is 0 Å². The van der Waals surface area contributed by atoms with Crippen LogP contribution in [0.5, 0.6) is 0 Å². The van der Waals surface area contributed by atoms with E-state index in [1.807, 2.05) is 0 Å². The van der Waals surface area contributed by atoms with Crippen LogP contribution in [0.25, 0.3) is 0 Å². The zero-order valence-corrected chi connectivity index (χ0v) is 4.76. The van der Waals surface area contributed by atoms with Crippen molar-refractivity contribution in [3.05, 3.63) is 0 Å². The van der Waals surface area contributed by atoms with E-state index < -0.39 is 0 Å². The second-order valence-electron chi connectivity index (χ2n) is 1.93. The first-order chi connectivity index (χ1) is 3.13. The molecule has 2 nitrogen and oxygen atoms in total. The van der Waals surface area contributed by atoms with Gasteiger partial charge in [0.2, 0.25) is 0 Å². The van der Waals surface area contributed by atoms with Gasteiger partial charge in [-0.15, -0.1) is 0 Å². The van der Waals surface area contributed by atoms with Gasteiger partial charge in [0.15, 0.2) is 0 Å². The van der Waals surface area contributed by atoms with E-state index in [2.05, 4.69) is 0 Å². The summed E-state index contributed by atoms with van der Waals surface area (Å²) >= 11 is 0. The van der Waals surface area contributed by atoms with E-state index in [4.69, 9.17) is 10.2 Å². The number of hydrogen-bond donors (Lipinski definition) is 2. The van der Waals surface area contributed by atoms with Crippen molar-refractivity contribution in [2.24, 2.45) is 0 Å². The average Bonchev–Trinajstić information content (AvgIpc) is 1.27. The minimum absolute atomic E-state index is 0.375. The van der Waals surface area contributed by atoms with E-state index in [1.54, 1.807) is 13.8 Å². The highest BCUT2D eigenvalue weighted by atomic mass is 16.3. The van der Waals surface area contributed by atoms with E-state index in [9.17, 15) is 0 Å². The van der Waals surface area contributed by atoms with Crippen LogP contribution in [0.4, 0.5) is 0 Å². The van der Waals surface area contributed by atoms with E-state index >= 15 is 0 Å². The normalized spacial score (nSPS) is 18.9. The van der Waals surface area contributed by atoms with E-state index in [1.165, 1.54) is 0 Å². The molecule has 2 heteroatoms. The Kier molecular flexibility index (Phi) is 2.96. The summed E-state index contributed by atoms with van der Waals surface area (Å²) in [5, 5.41) is 17.1. The maximum Gasteiger partial charge on any atom is 0.0536 e. The van der Waals surface area contributed by atoms with Crippen molar-refractivity contribution in [3.63, 3.8) is 0 Å². The zero-order chi connectivity index (χ0) is 5.86. The summed E-state index contributed by atoms with van der Waals surface area (Å²) in [6.07, 6.45) is -0.278. The lowest BCUT2D eigenvalue weighted by atomic mass is 10.2. The van der Waals surface area contributed by atoms with Gasteiger partial charge in [0.05, 0.1) is 12.2 Å². The van der Waals surface area contributed by atoms with Gasteiger partial charge in [-0.3, -0.25) is 0 Å². The highest BCUT2D eigenvalue weighted by molar-refractivity contribution is 4.51. The van der Waals surface area contributed by atoms with Gasteiger partial charge in [0, 0.05) is 0 Å². The van der Waals surface area contributed by atoms with Gasteiger partial charge >= 0.3 is 0 Å². The largest absolute Gasteiger partial charge is 0.393 e. The molecule has 0 rings (SSSR count). The monoisotopic (exact) mass is 104 g/mol. The van der Waals surface area contributed by atoms with Gasteiger partial charge < -0.3 is 10.2 Å². The summed E-state index contributed by atoms with van der Waals surface area (Å²) < 4.78 is 0. The summed E-state index contributed by atoms with van der Waals surface area (Å²) in [4.78, 5) is 0. The molecule has 0 saturated heterocycles. The first kappa shape index (κ1) is 6.92. The van der Waals surface area contributed by atoms with Gasteiger partial charge in [0.1, 0.15) is 0 Å². The summed E-state index contributed by atoms with van der Waals surface area (Å²) in [5.41, 5.74) is 0. The second-order valence-corrected chi connectivity index (χ2v) is 1.93. The van der Waals surface area contributed by atoms with Crippen molar-refractivity contribution >= 4 is 0 Å². The number of aliphatic hydroxyl groups excluding tert-OH is 2. The molecule has 0 aromatic carbocycles. The molecule has 0 amide bonds. The molecule has 0 aliphatic rings. The Morgan fingerprint density at radius 2 is 1.43 bits per heavy atom. The molecule has 0 heterocycles. The Bertz CT molecular complexity index is 35.3. The van der Waals surface area contributed by atoms with Gasteiger partial charge in [-0.2, -0.15) is 0 Å². The fourth-order valence-electron chi connectivity index (χ4n) is 0.494. The van der Waals surface area contributed by atoms with Gasteiger partial charge in [-0.1, -0.05) is 0 Å². The molecule has 0 aliphatic heterocycles. The van der Waals surface area contributed by atoms with Crippen LogP contribution in [0.2, 0.25) is 0 Å². The molecule has 0 spiro atoms. The van der Waals surface area contributed by atoms with Crippen LogP contribution < -0.4 is 0 Å². The summed E-state index contributed by atoms with van der Waals surface area (Å²) in [6, 6.07) is 0. The van der Waals surface area contributed by atoms with Crippen molar-refractivity contribution in [1.82, 2.24) is 0 Å². The number of hydrogen-bond acceptors (Lipinski definition) is 2. The van der Waals surface area contributed by atoms with Gasteiger partial charge in [-0.05, 0) is 20.3 Å². The lowest BCUT2D eigenvalue weighted by Gasteiger charge is -2.04. The zero-order valence-electron chi connectivity index (χ0n) is 4.76. The van der Waals surface area contributed by atoms with Crippen LogP contribution in [0, 0.1) is 0 Å². The van der Waals surface area contributed by atoms with Crippen molar-refractivity contribution in [2.75, 3.05) is 0 Å². The predicted molar refractivity (Wildman–Crippen MR) is 28.0 cm³/mol. The Balaban J connectivity index is 2.95. The summed E-state index contributed by atoms with van der Waals surface area (Å²) in [5.74, 6) is 0. The molecule has 0 radical (unpaired) electrons. The molecule has 0 aromatic rings. The lowest BCUT2D eigenvalue weighted by molar-refractivity contribution is 0.102. The molecule has 1 unspecified atom stereocenters. The minimum Gasteiger partial charge on any atom is -0.393 e. The molecule has 0 fully saturated rings. The highest BCUT2D eigenvalue weighted by Gasteiger charge is 1.98. The predicted octanol–water partition coefficient (Wildman–Crippen LogP) is 0.138. The van der Waals surface area contributed by atoms with Gasteiger partial charge in [-0.25, -0.2) is 0 Å². The maximum absolute atomic E-state index is 8.56. The highest BCUT2D eigenvalue weighted by Crippen LogP contribution is 1.93. The molecular formula is C5H12O2. The van der Waals surface area contributed by atoms with Crippen LogP contribution in [0.15, 0.2) is 0 Å². The van der Waals surface area contributed by atoms with Crippen LogP contribution in [0.3, 0.4) is 0 Å². The molecule has 7 heavy (non-hydrogen) atoms. The maximum atomic E-state index is 8.56. The minimum atomic E-state index is -0.375. The first-order valence-corrected chi connectivity index (χ1v) is 2.49. The molecule has 0 bridgehead atoms. The van der Waals surface area contributed by atoms with Crippen molar-refractivity contribution < 1.29 is 10.2 Å². The average molecular weight is 104 g/mol. The van der Waals surface area contributed by atoms with Crippen molar-refractivity contribution in [1.29, 1.82) is 0 Å². The van der Waals surface area contributed by atoms with E-state index in [-0.39, 0.29) is 12.2 Å². The van der Waals surface area contributed by atoms with Crippen LogP contribution in [0.1, 0.15) is 20.3 Å². The number of aliphatic hydroxyl groups is 2. The molecule has 0 aliphatic carbocycles. The van der Waals surface area contributed by atoms with Gasteiger partial charge in [0.25, 0.3) is 0 Å². The Morgan fingerprint density at radius 3 is 1.43 bits per heavy atom. The molecule has 2 atom stereocenters. The van der Waals surface area contributed by atoms with Crippen LogP contribution >= 0.6 is 0 Å². The van der Waals surface area contributed by atoms with Crippen LogP contribution in [-0.2, 0) is 0 Å². The molecule has 0 saturated carbocycles. The SMILES string of the molecule is CC(O)C[C@H](C)O. The number of rotatable bonds is 2. The fourth-order valence-corrected chi connectivity index (χ4v) is 0.494. The van der Waals surface area contributed by atoms with Crippen molar-refractivity contribution in [2.45, 2.75) is 32.5 Å². The quantitative estimate of drug-likeness (QED) is 0.523. The lowest BCUT2D eigenvalue weighted by Crippen LogP contribution is -2.10. The second kappa shape index (κ2) is 2.99. The Hall–Kier alpha value is -0.0800. The third-order valence-corrected chi connectivity index (χ3v) is 0.682. The third-order valence-electron chi connectivity index (χ3n) is 0.682. The Labute approximate surface area is 43.8 Å². The van der Waals surface area contributed by atoms with E-state index in [0.717, 1.165) is 0 Å². The third kappa shape index (κ3) is 5.92. The standard InChI is InChI=1S/C5H12O2/c1-4(6)3-5(2)7/h4-7H,3H2,1-2H3/t4-,5?/m0/s1. The van der Waals surface area contributed by atoms with Crippen LogP contribution in [-0.4, -0.2) is 22.4 Å². The Morgan fingerprint density at radius 1 is 1.14 bits per heavy atom. The summed E-state index contributed by atoms with van der Waals surface area (Å²) in [6.45, 7) is 3.32. The topological polar surface area (TPSA) is 40.5 Å². The fraction of sp³-hybridized carbons (Fsp3) is 1.00. The molecule has 2 N–H and O–H groups in total. The first-order valence-electron chi connectivity index (χ1n) is 2.49. The molecule has 44 valence electrons. The summed E-state index contributed by atoms with van der Waals surface area (Å²) in [7, 11) is 0. The smallest absolute Gasteiger partial charge is 0.0536 e. The van der Waals surface area contributed by atoms with E-state index in [0.29, 0.717) is 6.42 Å².